The number of hydrogen-bond donors (Lipinski definition) is 2. The van der Waals surface area contributed by atoms with Crippen LogP contribution in [-0.4, -0.2) is 23.7 Å². The Morgan fingerprint density at radius 1 is 1.50 bits per heavy atom. The highest BCUT2D eigenvalue weighted by atomic mass is 19.1. The average molecular weight is 255 g/mol. The van der Waals surface area contributed by atoms with Gasteiger partial charge < -0.3 is 15.2 Å². The number of rotatable bonds is 6. The smallest absolute Gasteiger partial charge is 0.258 e. The Bertz CT molecular complexity index is 409. The summed E-state index contributed by atoms with van der Waals surface area (Å²) in [5.41, 5.74) is 0.410. The number of benzene rings is 1. The number of aliphatic hydroxyl groups is 1. The van der Waals surface area contributed by atoms with Crippen LogP contribution in [0, 0.1) is 5.82 Å². The highest BCUT2D eigenvalue weighted by Crippen LogP contribution is 2.16. The summed E-state index contributed by atoms with van der Waals surface area (Å²) in [6.07, 6.45) is 0.834. The molecule has 0 aromatic heterocycles. The molecule has 1 rings (SSSR count). The lowest BCUT2D eigenvalue weighted by Crippen LogP contribution is -2.35. The lowest BCUT2D eigenvalue weighted by molar-refractivity contribution is -0.123. The molecule has 0 radical (unpaired) electrons. The van der Waals surface area contributed by atoms with Crippen LogP contribution in [0.15, 0.2) is 18.2 Å². The largest absolute Gasteiger partial charge is 0.484 e. The number of ether oxygens (including phenoxy) is 1. The molecule has 0 aliphatic heterocycles. The van der Waals surface area contributed by atoms with E-state index in [1.54, 1.807) is 0 Å². The first-order valence-electron chi connectivity index (χ1n) is 5.87. The van der Waals surface area contributed by atoms with Crippen LogP contribution in [0.5, 0.6) is 5.75 Å². The van der Waals surface area contributed by atoms with Crippen molar-refractivity contribution in [1.82, 2.24) is 5.32 Å². The molecule has 0 saturated carbocycles. The summed E-state index contributed by atoms with van der Waals surface area (Å²) in [7, 11) is 0. The third kappa shape index (κ3) is 4.71. The third-order valence-corrected chi connectivity index (χ3v) is 2.50. The van der Waals surface area contributed by atoms with Gasteiger partial charge in [-0.05, 0) is 31.0 Å². The van der Waals surface area contributed by atoms with Crippen LogP contribution in [0.2, 0.25) is 0 Å². The number of amides is 1. The zero-order chi connectivity index (χ0) is 13.5. The molecule has 0 bridgehead atoms. The van der Waals surface area contributed by atoms with Gasteiger partial charge in [0.05, 0.1) is 6.61 Å². The Labute approximate surface area is 106 Å². The van der Waals surface area contributed by atoms with Crippen molar-refractivity contribution in [2.45, 2.75) is 32.9 Å². The van der Waals surface area contributed by atoms with Crippen molar-refractivity contribution in [2.24, 2.45) is 0 Å². The van der Waals surface area contributed by atoms with Gasteiger partial charge >= 0.3 is 0 Å². The summed E-state index contributed by atoms with van der Waals surface area (Å²) < 4.78 is 18.3. The lowest BCUT2D eigenvalue weighted by Gasteiger charge is -2.12. The third-order valence-electron chi connectivity index (χ3n) is 2.50. The van der Waals surface area contributed by atoms with Gasteiger partial charge in [0.25, 0.3) is 5.91 Å². The van der Waals surface area contributed by atoms with Crippen molar-refractivity contribution in [3.63, 3.8) is 0 Å². The number of nitrogens with one attached hydrogen (secondary N) is 1. The van der Waals surface area contributed by atoms with Crippen molar-refractivity contribution < 1.29 is 19.0 Å². The molecule has 100 valence electrons. The second-order valence-corrected chi connectivity index (χ2v) is 4.12. The van der Waals surface area contributed by atoms with E-state index >= 15 is 0 Å². The quantitative estimate of drug-likeness (QED) is 0.812. The highest BCUT2D eigenvalue weighted by Gasteiger charge is 2.07. The first-order chi connectivity index (χ1) is 8.55. The zero-order valence-corrected chi connectivity index (χ0v) is 10.6. The number of aliphatic hydroxyl groups excluding tert-OH is 1. The monoisotopic (exact) mass is 255 g/mol. The summed E-state index contributed by atoms with van der Waals surface area (Å²) in [5, 5.41) is 11.6. The molecular formula is C13H18FNO3. The highest BCUT2D eigenvalue weighted by molar-refractivity contribution is 5.77. The fraction of sp³-hybridized carbons (Fsp3) is 0.462. The minimum Gasteiger partial charge on any atom is -0.484 e. The lowest BCUT2D eigenvalue weighted by atomic mass is 10.2. The second kappa shape index (κ2) is 6.96. The molecule has 0 fully saturated rings. The van der Waals surface area contributed by atoms with Crippen LogP contribution >= 0.6 is 0 Å². The maximum atomic E-state index is 13.1. The van der Waals surface area contributed by atoms with Crippen molar-refractivity contribution in [1.29, 1.82) is 0 Å². The fourth-order valence-corrected chi connectivity index (χ4v) is 1.36. The van der Waals surface area contributed by atoms with E-state index in [1.165, 1.54) is 18.2 Å². The Morgan fingerprint density at radius 2 is 2.22 bits per heavy atom. The van der Waals surface area contributed by atoms with Gasteiger partial charge in [-0.25, -0.2) is 4.39 Å². The number of carbonyl (C=O) groups is 1. The Kier molecular flexibility index (Phi) is 5.58. The van der Waals surface area contributed by atoms with Gasteiger partial charge in [0.15, 0.2) is 6.61 Å². The maximum absolute atomic E-state index is 13.1. The molecule has 1 atom stereocenters. The standard InChI is InChI=1S/C13H18FNO3/c1-3-9(2)15-13(17)8-18-12-5-10(7-16)4-11(14)6-12/h4-6,9,16H,3,7-8H2,1-2H3,(H,15,17). The Balaban J connectivity index is 2.52. The first-order valence-corrected chi connectivity index (χ1v) is 5.87. The molecule has 0 aliphatic rings. The SMILES string of the molecule is CCC(C)NC(=O)COc1cc(F)cc(CO)c1. The number of halogens is 1. The summed E-state index contributed by atoms with van der Waals surface area (Å²) in [6, 6.07) is 3.98. The molecule has 5 heteroatoms. The minimum atomic E-state index is -0.501. The predicted molar refractivity (Wildman–Crippen MR) is 65.7 cm³/mol. The molecule has 1 unspecified atom stereocenters. The molecule has 0 heterocycles. The van der Waals surface area contributed by atoms with Crippen LogP contribution in [-0.2, 0) is 11.4 Å². The van der Waals surface area contributed by atoms with E-state index in [1.807, 2.05) is 13.8 Å². The van der Waals surface area contributed by atoms with Gasteiger partial charge in [-0.2, -0.15) is 0 Å². The predicted octanol–water partition coefficient (Wildman–Crippen LogP) is 1.61. The van der Waals surface area contributed by atoms with Crippen LogP contribution < -0.4 is 10.1 Å². The van der Waals surface area contributed by atoms with Crippen LogP contribution in [0.4, 0.5) is 4.39 Å². The molecule has 0 saturated heterocycles. The van der Waals surface area contributed by atoms with Crippen molar-refractivity contribution in [3.05, 3.63) is 29.6 Å². The summed E-state index contributed by atoms with van der Waals surface area (Å²) in [5.74, 6) is -0.517. The molecule has 18 heavy (non-hydrogen) atoms. The van der Waals surface area contributed by atoms with Crippen LogP contribution in [0.3, 0.4) is 0 Å². The summed E-state index contributed by atoms with van der Waals surface area (Å²) in [6.45, 7) is 3.42. The topological polar surface area (TPSA) is 58.6 Å². The van der Waals surface area contributed by atoms with Crippen molar-refractivity contribution in [2.75, 3.05) is 6.61 Å². The molecule has 0 spiro atoms. The minimum absolute atomic E-state index is 0.0848. The van der Waals surface area contributed by atoms with Gasteiger partial charge in [0, 0.05) is 12.1 Å². The normalized spacial score (nSPS) is 12.0. The molecule has 0 aliphatic carbocycles. The van der Waals surface area contributed by atoms with Crippen LogP contribution in [0.1, 0.15) is 25.8 Å². The van der Waals surface area contributed by atoms with E-state index in [0.29, 0.717) is 5.56 Å². The first kappa shape index (κ1) is 14.4. The fourth-order valence-electron chi connectivity index (χ4n) is 1.36. The van der Waals surface area contributed by atoms with E-state index in [4.69, 9.17) is 9.84 Å². The molecule has 1 aromatic rings. The van der Waals surface area contributed by atoms with Gasteiger partial charge in [-0.15, -0.1) is 0 Å². The van der Waals surface area contributed by atoms with Gasteiger partial charge in [-0.1, -0.05) is 6.92 Å². The van der Waals surface area contributed by atoms with E-state index in [9.17, 15) is 9.18 Å². The summed E-state index contributed by atoms with van der Waals surface area (Å²) >= 11 is 0. The number of carbonyl (C=O) groups excluding carboxylic acids is 1. The number of hydrogen-bond acceptors (Lipinski definition) is 3. The molecule has 1 amide bonds. The maximum Gasteiger partial charge on any atom is 0.258 e. The van der Waals surface area contributed by atoms with E-state index in [0.717, 1.165) is 6.42 Å². The van der Waals surface area contributed by atoms with Crippen molar-refractivity contribution >= 4 is 5.91 Å². The second-order valence-electron chi connectivity index (χ2n) is 4.12. The molecule has 4 nitrogen and oxygen atoms in total. The van der Waals surface area contributed by atoms with Gasteiger partial charge in [-0.3, -0.25) is 4.79 Å². The van der Waals surface area contributed by atoms with Gasteiger partial charge in [0.1, 0.15) is 11.6 Å². The molecule has 1 aromatic carbocycles. The van der Waals surface area contributed by atoms with Gasteiger partial charge in [0.2, 0.25) is 0 Å². The summed E-state index contributed by atoms with van der Waals surface area (Å²) in [4.78, 5) is 11.4. The molecule has 2 N–H and O–H groups in total. The zero-order valence-electron chi connectivity index (χ0n) is 10.6. The van der Waals surface area contributed by atoms with Crippen LogP contribution in [0.25, 0.3) is 0 Å². The van der Waals surface area contributed by atoms with E-state index in [2.05, 4.69) is 5.32 Å². The average Bonchev–Trinajstić information content (AvgIpc) is 2.35. The Morgan fingerprint density at radius 3 is 2.83 bits per heavy atom. The molecular weight excluding hydrogens is 237 g/mol. The van der Waals surface area contributed by atoms with E-state index < -0.39 is 5.82 Å². The van der Waals surface area contributed by atoms with E-state index in [-0.39, 0.29) is 30.9 Å². The van der Waals surface area contributed by atoms with Crippen molar-refractivity contribution in [3.8, 4) is 5.75 Å². The Hall–Kier alpha value is -1.62.